The highest BCUT2D eigenvalue weighted by Crippen LogP contribution is 2.48. The lowest BCUT2D eigenvalue weighted by atomic mass is 9.85. The van der Waals surface area contributed by atoms with Crippen LogP contribution < -0.4 is 5.32 Å². The third-order valence-electron chi connectivity index (χ3n) is 6.94. The molecule has 0 aromatic carbocycles. The molecule has 0 aromatic heterocycles. The molecule has 134 valence electrons. The predicted molar refractivity (Wildman–Crippen MR) is 92.3 cm³/mol. The van der Waals surface area contributed by atoms with Crippen molar-refractivity contribution in [1.29, 1.82) is 0 Å². The standard InChI is InChI=1S/C19H31N3O2/c23-18(15-2-1-3-15)20-6-7-21-8-10-22(11-9-21)19(24)17-13-14-4-5-16(17)12-14/h14-17H,1-13H2,(H,20,23)/t14-,16-,17-/m0/s1. The fourth-order valence-electron chi connectivity index (χ4n) is 5.13. The third-order valence-corrected chi connectivity index (χ3v) is 6.94. The van der Waals surface area contributed by atoms with E-state index in [9.17, 15) is 9.59 Å². The summed E-state index contributed by atoms with van der Waals surface area (Å²) < 4.78 is 0. The van der Waals surface area contributed by atoms with E-state index in [4.69, 9.17) is 0 Å². The van der Waals surface area contributed by atoms with Gasteiger partial charge in [-0.15, -0.1) is 0 Å². The topological polar surface area (TPSA) is 52.7 Å². The first kappa shape index (κ1) is 16.4. The number of amides is 2. The Morgan fingerprint density at radius 2 is 1.75 bits per heavy atom. The normalized spacial score (nSPS) is 33.5. The molecule has 1 heterocycles. The zero-order valence-electron chi connectivity index (χ0n) is 14.7. The van der Waals surface area contributed by atoms with E-state index in [1.807, 2.05) is 0 Å². The van der Waals surface area contributed by atoms with Crippen LogP contribution in [0.15, 0.2) is 0 Å². The zero-order chi connectivity index (χ0) is 16.5. The number of fused-ring (bicyclic) bond motifs is 2. The summed E-state index contributed by atoms with van der Waals surface area (Å²) in [6.45, 7) is 5.29. The van der Waals surface area contributed by atoms with Crippen molar-refractivity contribution in [3.8, 4) is 0 Å². The summed E-state index contributed by atoms with van der Waals surface area (Å²) in [4.78, 5) is 29.1. The second-order valence-corrected chi connectivity index (χ2v) is 8.37. The van der Waals surface area contributed by atoms with Crippen LogP contribution in [0.3, 0.4) is 0 Å². The fraction of sp³-hybridized carbons (Fsp3) is 0.895. The van der Waals surface area contributed by atoms with Crippen LogP contribution in [-0.2, 0) is 9.59 Å². The molecule has 2 amide bonds. The Morgan fingerprint density at radius 1 is 0.958 bits per heavy atom. The summed E-state index contributed by atoms with van der Waals surface area (Å²) in [7, 11) is 0. The number of nitrogens with one attached hydrogen (secondary N) is 1. The summed E-state index contributed by atoms with van der Waals surface area (Å²) in [5.41, 5.74) is 0. The number of rotatable bonds is 5. The number of piperazine rings is 1. The lowest BCUT2D eigenvalue weighted by molar-refractivity contribution is -0.139. The van der Waals surface area contributed by atoms with Gasteiger partial charge in [-0.3, -0.25) is 14.5 Å². The molecular formula is C19H31N3O2. The first-order valence-corrected chi connectivity index (χ1v) is 9.99. The van der Waals surface area contributed by atoms with Crippen molar-refractivity contribution in [2.24, 2.45) is 23.7 Å². The molecule has 0 spiro atoms. The van der Waals surface area contributed by atoms with Gasteiger partial charge in [-0.2, -0.15) is 0 Å². The Hall–Kier alpha value is -1.10. The Kier molecular flexibility index (Phi) is 4.79. The Morgan fingerprint density at radius 3 is 2.33 bits per heavy atom. The molecule has 4 fully saturated rings. The van der Waals surface area contributed by atoms with Crippen LogP contribution in [0.25, 0.3) is 0 Å². The minimum Gasteiger partial charge on any atom is -0.355 e. The van der Waals surface area contributed by atoms with E-state index in [2.05, 4.69) is 15.1 Å². The van der Waals surface area contributed by atoms with Crippen molar-refractivity contribution >= 4 is 11.8 Å². The number of hydrogen-bond acceptors (Lipinski definition) is 3. The molecule has 2 bridgehead atoms. The summed E-state index contributed by atoms with van der Waals surface area (Å²) in [6, 6.07) is 0. The maximum absolute atomic E-state index is 12.8. The maximum Gasteiger partial charge on any atom is 0.226 e. The van der Waals surface area contributed by atoms with E-state index >= 15 is 0 Å². The van der Waals surface area contributed by atoms with E-state index < -0.39 is 0 Å². The molecule has 0 unspecified atom stereocenters. The van der Waals surface area contributed by atoms with Gasteiger partial charge in [-0.1, -0.05) is 12.8 Å². The van der Waals surface area contributed by atoms with Crippen LogP contribution in [0, 0.1) is 23.7 Å². The van der Waals surface area contributed by atoms with E-state index in [0.717, 1.165) is 64.4 Å². The number of nitrogens with zero attached hydrogens (tertiary/aromatic N) is 2. The van der Waals surface area contributed by atoms with Crippen LogP contribution in [0.4, 0.5) is 0 Å². The number of carbonyl (C=O) groups is 2. The fourth-order valence-corrected chi connectivity index (χ4v) is 5.13. The maximum atomic E-state index is 12.8. The molecule has 5 nitrogen and oxygen atoms in total. The summed E-state index contributed by atoms with van der Waals surface area (Å²) >= 11 is 0. The molecule has 1 N–H and O–H groups in total. The minimum absolute atomic E-state index is 0.242. The molecular weight excluding hydrogens is 302 g/mol. The molecule has 5 heteroatoms. The lowest BCUT2D eigenvalue weighted by Crippen LogP contribution is -2.52. The average Bonchev–Trinajstić information content (AvgIpc) is 3.16. The molecule has 0 aromatic rings. The highest BCUT2D eigenvalue weighted by atomic mass is 16.2. The molecule has 24 heavy (non-hydrogen) atoms. The van der Waals surface area contributed by atoms with Crippen LogP contribution >= 0.6 is 0 Å². The van der Waals surface area contributed by atoms with Gasteiger partial charge in [0, 0.05) is 51.1 Å². The van der Waals surface area contributed by atoms with Gasteiger partial charge in [-0.05, 0) is 43.9 Å². The van der Waals surface area contributed by atoms with E-state index in [1.165, 1.54) is 25.7 Å². The summed E-state index contributed by atoms with van der Waals surface area (Å²) in [5, 5.41) is 3.07. The quantitative estimate of drug-likeness (QED) is 0.829. The van der Waals surface area contributed by atoms with Crippen molar-refractivity contribution in [3.63, 3.8) is 0 Å². The second kappa shape index (κ2) is 7.03. The van der Waals surface area contributed by atoms with Gasteiger partial charge in [0.1, 0.15) is 0 Å². The molecule has 3 saturated carbocycles. The van der Waals surface area contributed by atoms with Crippen LogP contribution in [0.1, 0.15) is 44.9 Å². The van der Waals surface area contributed by atoms with Gasteiger partial charge in [0.25, 0.3) is 0 Å². The molecule has 4 aliphatic rings. The largest absolute Gasteiger partial charge is 0.355 e. The highest BCUT2D eigenvalue weighted by Gasteiger charge is 2.44. The van der Waals surface area contributed by atoms with Crippen molar-refractivity contribution in [1.82, 2.24) is 15.1 Å². The predicted octanol–water partition coefficient (Wildman–Crippen LogP) is 1.48. The molecule has 1 aliphatic heterocycles. The Balaban J connectivity index is 1.15. The smallest absolute Gasteiger partial charge is 0.226 e. The first-order valence-electron chi connectivity index (χ1n) is 9.99. The first-order chi connectivity index (χ1) is 11.7. The van der Waals surface area contributed by atoms with Crippen LogP contribution in [0.5, 0.6) is 0 Å². The van der Waals surface area contributed by atoms with Crippen LogP contribution in [-0.4, -0.2) is 60.9 Å². The van der Waals surface area contributed by atoms with Crippen molar-refractivity contribution < 1.29 is 9.59 Å². The van der Waals surface area contributed by atoms with Crippen LogP contribution in [0.2, 0.25) is 0 Å². The molecule has 4 rings (SSSR count). The van der Waals surface area contributed by atoms with E-state index in [1.54, 1.807) is 0 Å². The van der Waals surface area contributed by atoms with E-state index in [-0.39, 0.29) is 11.8 Å². The van der Waals surface area contributed by atoms with Gasteiger partial charge in [-0.25, -0.2) is 0 Å². The average molecular weight is 333 g/mol. The zero-order valence-corrected chi connectivity index (χ0v) is 14.7. The van der Waals surface area contributed by atoms with Gasteiger partial charge < -0.3 is 10.2 Å². The van der Waals surface area contributed by atoms with Gasteiger partial charge in [0.15, 0.2) is 0 Å². The van der Waals surface area contributed by atoms with Crippen molar-refractivity contribution in [3.05, 3.63) is 0 Å². The molecule has 3 atom stereocenters. The van der Waals surface area contributed by atoms with E-state index in [0.29, 0.717) is 17.7 Å². The molecule has 3 aliphatic carbocycles. The lowest BCUT2D eigenvalue weighted by Gasteiger charge is -2.37. The third kappa shape index (κ3) is 3.32. The second-order valence-electron chi connectivity index (χ2n) is 8.37. The van der Waals surface area contributed by atoms with Gasteiger partial charge in [0.05, 0.1) is 0 Å². The Labute approximate surface area is 145 Å². The Bertz CT molecular complexity index is 483. The monoisotopic (exact) mass is 333 g/mol. The minimum atomic E-state index is 0.242. The molecule has 1 saturated heterocycles. The molecule has 0 radical (unpaired) electrons. The van der Waals surface area contributed by atoms with Crippen molar-refractivity contribution in [2.45, 2.75) is 44.9 Å². The summed E-state index contributed by atoms with van der Waals surface area (Å²) in [5.74, 6) is 2.80. The summed E-state index contributed by atoms with van der Waals surface area (Å²) in [6.07, 6.45) is 8.42. The number of carbonyl (C=O) groups excluding carboxylic acids is 2. The van der Waals surface area contributed by atoms with Crippen molar-refractivity contribution in [2.75, 3.05) is 39.3 Å². The van der Waals surface area contributed by atoms with Gasteiger partial charge in [0.2, 0.25) is 11.8 Å². The highest BCUT2D eigenvalue weighted by molar-refractivity contribution is 5.80. The van der Waals surface area contributed by atoms with Gasteiger partial charge >= 0.3 is 0 Å². The number of hydrogen-bond donors (Lipinski definition) is 1. The SMILES string of the molecule is O=C(NCCN1CCN(C(=O)[C@H]2C[C@H]3CC[C@H]2C3)CC1)C1CCC1.